The number of nitrogens with zero attached hydrogens (tertiary/aromatic N) is 2. The van der Waals surface area contributed by atoms with E-state index in [1.54, 1.807) is 0 Å². The van der Waals surface area contributed by atoms with Crippen LogP contribution >= 0.6 is 0 Å². The Labute approximate surface area is 173 Å². The predicted octanol–water partition coefficient (Wildman–Crippen LogP) is 0.623. The summed E-state index contributed by atoms with van der Waals surface area (Å²) in [6.45, 7) is -0.0449. The SMILES string of the molecule is O=C(NCC[C@@H]1CC[C@H](NS(=O)(=O)c2cccc(F)c2)[C@@H](CO)O1)c1cnccn1. The summed E-state index contributed by atoms with van der Waals surface area (Å²) in [5.74, 6) is -1.00. The zero-order valence-electron chi connectivity index (χ0n) is 16.1. The molecule has 0 spiro atoms. The van der Waals surface area contributed by atoms with Crippen molar-refractivity contribution in [2.45, 2.75) is 42.4 Å². The number of nitrogens with one attached hydrogen (secondary N) is 2. The minimum absolute atomic E-state index is 0.187. The van der Waals surface area contributed by atoms with Crippen LogP contribution in [-0.4, -0.2) is 60.8 Å². The lowest BCUT2D eigenvalue weighted by atomic mass is 9.98. The highest BCUT2D eigenvalue weighted by molar-refractivity contribution is 7.89. The first-order valence-corrected chi connectivity index (χ1v) is 11.0. The van der Waals surface area contributed by atoms with Crippen molar-refractivity contribution in [1.29, 1.82) is 0 Å². The van der Waals surface area contributed by atoms with Gasteiger partial charge < -0.3 is 15.2 Å². The summed E-state index contributed by atoms with van der Waals surface area (Å²) in [4.78, 5) is 19.5. The lowest BCUT2D eigenvalue weighted by molar-refractivity contribution is -0.0871. The van der Waals surface area contributed by atoms with Crippen molar-refractivity contribution in [2.24, 2.45) is 0 Å². The fourth-order valence-electron chi connectivity index (χ4n) is 3.23. The number of rotatable bonds is 8. The van der Waals surface area contributed by atoms with E-state index in [4.69, 9.17) is 4.74 Å². The van der Waals surface area contributed by atoms with Gasteiger partial charge in [-0.2, -0.15) is 0 Å². The van der Waals surface area contributed by atoms with Crippen molar-refractivity contribution in [3.8, 4) is 0 Å². The fourth-order valence-corrected chi connectivity index (χ4v) is 4.56. The van der Waals surface area contributed by atoms with E-state index >= 15 is 0 Å². The van der Waals surface area contributed by atoms with Gasteiger partial charge in [-0.05, 0) is 37.5 Å². The zero-order chi connectivity index (χ0) is 21.6. The average molecular weight is 438 g/mol. The Morgan fingerprint density at radius 2 is 2.13 bits per heavy atom. The molecule has 0 saturated carbocycles. The molecule has 1 aromatic heterocycles. The van der Waals surface area contributed by atoms with Crippen LogP contribution in [0.5, 0.6) is 0 Å². The average Bonchev–Trinajstić information content (AvgIpc) is 2.75. The maximum Gasteiger partial charge on any atom is 0.271 e. The standard InChI is InChI=1S/C19H23FN4O5S/c20-13-2-1-3-15(10-13)30(27,28)24-16-5-4-14(29-18(16)12-25)6-7-23-19(26)17-11-21-8-9-22-17/h1-3,8-11,14,16,18,24-25H,4-7,12H2,(H,23,26)/t14-,16-,18+/m0/s1. The summed E-state index contributed by atoms with van der Waals surface area (Å²) in [7, 11) is -3.95. The third-order valence-electron chi connectivity index (χ3n) is 4.76. The van der Waals surface area contributed by atoms with Gasteiger partial charge >= 0.3 is 0 Å². The van der Waals surface area contributed by atoms with Crippen LogP contribution in [0, 0.1) is 5.82 Å². The van der Waals surface area contributed by atoms with Crippen molar-refractivity contribution in [3.05, 3.63) is 54.4 Å². The first-order chi connectivity index (χ1) is 14.4. The number of ether oxygens (including phenoxy) is 1. The van der Waals surface area contributed by atoms with Gasteiger partial charge in [0.25, 0.3) is 5.91 Å². The second-order valence-electron chi connectivity index (χ2n) is 6.88. The summed E-state index contributed by atoms with van der Waals surface area (Å²) >= 11 is 0. The van der Waals surface area contributed by atoms with Crippen molar-refractivity contribution in [1.82, 2.24) is 20.0 Å². The van der Waals surface area contributed by atoms with Gasteiger partial charge in [0.05, 0.1) is 35.9 Å². The molecular weight excluding hydrogens is 415 g/mol. The van der Waals surface area contributed by atoms with Crippen LogP contribution in [0.3, 0.4) is 0 Å². The first kappa shape index (κ1) is 22.2. The van der Waals surface area contributed by atoms with Crippen LogP contribution in [0.1, 0.15) is 29.8 Å². The molecule has 1 aromatic carbocycles. The van der Waals surface area contributed by atoms with Crippen LogP contribution in [0.15, 0.2) is 47.8 Å². The predicted molar refractivity (Wildman–Crippen MR) is 104 cm³/mol. The van der Waals surface area contributed by atoms with E-state index < -0.39 is 28.0 Å². The fraction of sp³-hybridized carbons (Fsp3) is 0.421. The summed E-state index contributed by atoms with van der Waals surface area (Å²) < 4.78 is 46.7. The van der Waals surface area contributed by atoms with Gasteiger partial charge in [0.1, 0.15) is 11.5 Å². The van der Waals surface area contributed by atoms with E-state index in [1.165, 1.54) is 30.7 Å². The number of amides is 1. The quantitative estimate of drug-likeness (QED) is 0.551. The minimum Gasteiger partial charge on any atom is -0.394 e. The lowest BCUT2D eigenvalue weighted by Crippen LogP contribution is -2.51. The van der Waals surface area contributed by atoms with Crippen molar-refractivity contribution in [2.75, 3.05) is 13.2 Å². The normalized spacial score (nSPS) is 21.9. The number of sulfonamides is 1. The van der Waals surface area contributed by atoms with Crippen LogP contribution in [-0.2, 0) is 14.8 Å². The molecule has 1 aliphatic rings. The number of aliphatic hydroxyl groups excluding tert-OH is 1. The van der Waals surface area contributed by atoms with Gasteiger partial charge in [-0.3, -0.25) is 9.78 Å². The Hall–Kier alpha value is -2.47. The number of hydrogen-bond acceptors (Lipinski definition) is 7. The number of hydrogen-bond donors (Lipinski definition) is 3. The number of carbonyl (C=O) groups is 1. The van der Waals surface area contributed by atoms with Crippen LogP contribution in [0.2, 0.25) is 0 Å². The first-order valence-electron chi connectivity index (χ1n) is 9.47. The van der Waals surface area contributed by atoms with E-state index in [1.807, 2.05) is 0 Å². The lowest BCUT2D eigenvalue weighted by Gasteiger charge is -2.36. The van der Waals surface area contributed by atoms with Crippen molar-refractivity contribution in [3.63, 3.8) is 0 Å². The van der Waals surface area contributed by atoms with E-state index in [0.717, 1.165) is 12.1 Å². The molecule has 9 nitrogen and oxygen atoms in total. The summed E-state index contributed by atoms with van der Waals surface area (Å²) in [5, 5.41) is 12.4. The maximum absolute atomic E-state index is 13.4. The summed E-state index contributed by atoms with van der Waals surface area (Å²) in [6.07, 6.45) is 4.73. The largest absolute Gasteiger partial charge is 0.394 e. The molecule has 0 bridgehead atoms. The number of aromatic nitrogens is 2. The number of carbonyl (C=O) groups excluding carboxylic acids is 1. The van der Waals surface area contributed by atoms with E-state index in [0.29, 0.717) is 25.8 Å². The summed E-state index contributed by atoms with van der Waals surface area (Å²) in [6, 6.07) is 4.06. The molecule has 1 aliphatic heterocycles. The molecule has 1 saturated heterocycles. The maximum atomic E-state index is 13.4. The highest BCUT2D eigenvalue weighted by atomic mass is 32.2. The van der Waals surface area contributed by atoms with Crippen LogP contribution in [0.4, 0.5) is 4.39 Å². The van der Waals surface area contributed by atoms with Crippen LogP contribution in [0.25, 0.3) is 0 Å². The Morgan fingerprint density at radius 3 is 2.83 bits per heavy atom. The molecular formula is C19H23FN4O5S. The molecule has 0 radical (unpaired) electrons. The molecule has 3 rings (SSSR count). The molecule has 3 atom stereocenters. The second-order valence-corrected chi connectivity index (χ2v) is 8.59. The molecule has 2 heterocycles. The monoisotopic (exact) mass is 438 g/mol. The van der Waals surface area contributed by atoms with Crippen molar-refractivity contribution < 1.29 is 27.4 Å². The Balaban J connectivity index is 1.51. The number of halogens is 1. The van der Waals surface area contributed by atoms with Gasteiger partial charge in [-0.25, -0.2) is 22.5 Å². The van der Waals surface area contributed by atoms with E-state index in [-0.39, 0.29) is 29.2 Å². The van der Waals surface area contributed by atoms with Gasteiger partial charge in [0.2, 0.25) is 10.0 Å². The smallest absolute Gasteiger partial charge is 0.271 e. The molecule has 0 aliphatic carbocycles. The number of aliphatic hydroxyl groups is 1. The molecule has 0 unspecified atom stereocenters. The third-order valence-corrected chi connectivity index (χ3v) is 6.24. The van der Waals surface area contributed by atoms with Crippen molar-refractivity contribution >= 4 is 15.9 Å². The van der Waals surface area contributed by atoms with Gasteiger partial charge in [0, 0.05) is 18.9 Å². The topological polar surface area (TPSA) is 131 Å². The summed E-state index contributed by atoms with van der Waals surface area (Å²) in [5.41, 5.74) is 0.210. The zero-order valence-corrected chi connectivity index (χ0v) is 16.9. The third kappa shape index (κ3) is 5.79. The van der Waals surface area contributed by atoms with Crippen LogP contribution < -0.4 is 10.0 Å². The molecule has 30 heavy (non-hydrogen) atoms. The van der Waals surface area contributed by atoms with E-state index in [9.17, 15) is 22.7 Å². The van der Waals surface area contributed by atoms with E-state index in [2.05, 4.69) is 20.0 Å². The molecule has 2 aromatic rings. The highest BCUT2D eigenvalue weighted by Crippen LogP contribution is 2.23. The molecule has 11 heteroatoms. The Morgan fingerprint density at radius 1 is 1.30 bits per heavy atom. The Bertz CT molecular complexity index is 960. The number of benzene rings is 1. The molecule has 3 N–H and O–H groups in total. The molecule has 1 amide bonds. The second kappa shape index (κ2) is 10.0. The van der Waals surface area contributed by atoms with Gasteiger partial charge in [-0.15, -0.1) is 0 Å². The van der Waals surface area contributed by atoms with Gasteiger partial charge in [0.15, 0.2) is 0 Å². The molecule has 162 valence electrons. The highest BCUT2D eigenvalue weighted by Gasteiger charge is 2.34. The molecule has 1 fully saturated rings. The van der Waals surface area contributed by atoms with Gasteiger partial charge in [-0.1, -0.05) is 6.07 Å². The minimum atomic E-state index is -3.95. The Kier molecular flexibility index (Phi) is 7.43.